The monoisotopic (exact) mass is 360 g/mol. The summed E-state index contributed by atoms with van der Waals surface area (Å²) < 4.78 is 0.928. The molecule has 0 spiro atoms. The lowest BCUT2D eigenvalue weighted by atomic mass is 10.1. The molecule has 2 amide bonds. The molecular formula is C17H17BrN2O2. The molecule has 0 heterocycles. The molecule has 0 unspecified atom stereocenters. The van der Waals surface area contributed by atoms with Crippen molar-refractivity contribution < 1.29 is 9.59 Å². The molecular weight excluding hydrogens is 344 g/mol. The molecule has 2 rings (SSSR count). The SMILES string of the molecule is O=C(Cc1ccccc1)NCCNC(=O)c1ccc(Br)cc1. The van der Waals surface area contributed by atoms with Crippen molar-refractivity contribution in [3.05, 3.63) is 70.2 Å². The third kappa shape index (κ3) is 5.33. The fourth-order valence-electron chi connectivity index (χ4n) is 1.93. The molecule has 0 aliphatic carbocycles. The maximum absolute atomic E-state index is 11.9. The van der Waals surface area contributed by atoms with Gasteiger partial charge in [0.2, 0.25) is 5.91 Å². The second kappa shape index (κ2) is 8.34. The van der Waals surface area contributed by atoms with Gasteiger partial charge >= 0.3 is 0 Å². The van der Waals surface area contributed by atoms with Gasteiger partial charge in [-0.3, -0.25) is 9.59 Å². The molecule has 0 bridgehead atoms. The minimum absolute atomic E-state index is 0.0518. The highest BCUT2D eigenvalue weighted by Crippen LogP contribution is 2.10. The van der Waals surface area contributed by atoms with Gasteiger partial charge in [-0.2, -0.15) is 0 Å². The molecule has 0 aliphatic rings. The third-order valence-corrected chi connectivity index (χ3v) is 3.58. The van der Waals surface area contributed by atoms with Crippen LogP contribution in [-0.2, 0) is 11.2 Å². The number of hydrogen-bond acceptors (Lipinski definition) is 2. The smallest absolute Gasteiger partial charge is 0.251 e. The molecule has 2 N–H and O–H groups in total. The number of nitrogens with one attached hydrogen (secondary N) is 2. The molecule has 0 aromatic heterocycles. The first-order chi connectivity index (χ1) is 10.6. The Morgan fingerprint density at radius 3 is 2.18 bits per heavy atom. The van der Waals surface area contributed by atoms with Gasteiger partial charge in [0, 0.05) is 23.1 Å². The minimum atomic E-state index is -0.148. The maximum Gasteiger partial charge on any atom is 0.251 e. The molecule has 2 aromatic carbocycles. The minimum Gasteiger partial charge on any atom is -0.354 e. The summed E-state index contributed by atoms with van der Waals surface area (Å²) in [6, 6.07) is 16.7. The van der Waals surface area contributed by atoms with Crippen molar-refractivity contribution >= 4 is 27.7 Å². The highest BCUT2D eigenvalue weighted by molar-refractivity contribution is 9.10. The lowest BCUT2D eigenvalue weighted by Crippen LogP contribution is -2.35. The van der Waals surface area contributed by atoms with Crippen LogP contribution in [0.1, 0.15) is 15.9 Å². The van der Waals surface area contributed by atoms with Gasteiger partial charge in [-0.1, -0.05) is 46.3 Å². The van der Waals surface area contributed by atoms with Crippen LogP contribution in [0.2, 0.25) is 0 Å². The summed E-state index contributed by atoms with van der Waals surface area (Å²) in [7, 11) is 0. The van der Waals surface area contributed by atoms with E-state index in [1.54, 1.807) is 12.1 Å². The van der Waals surface area contributed by atoms with E-state index < -0.39 is 0 Å². The topological polar surface area (TPSA) is 58.2 Å². The zero-order valence-electron chi connectivity index (χ0n) is 12.0. The summed E-state index contributed by atoms with van der Waals surface area (Å²) >= 11 is 3.32. The highest BCUT2D eigenvalue weighted by atomic mass is 79.9. The van der Waals surface area contributed by atoms with E-state index in [1.165, 1.54) is 0 Å². The van der Waals surface area contributed by atoms with Crippen molar-refractivity contribution in [3.8, 4) is 0 Å². The molecule has 0 saturated carbocycles. The van der Waals surface area contributed by atoms with Crippen molar-refractivity contribution in [2.45, 2.75) is 6.42 Å². The van der Waals surface area contributed by atoms with Crippen LogP contribution in [0, 0.1) is 0 Å². The lowest BCUT2D eigenvalue weighted by molar-refractivity contribution is -0.120. The van der Waals surface area contributed by atoms with Crippen molar-refractivity contribution in [2.24, 2.45) is 0 Å². The fourth-order valence-corrected chi connectivity index (χ4v) is 2.19. The average Bonchev–Trinajstić information content (AvgIpc) is 2.53. The first-order valence-corrected chi connectivity index (χ1v) is 7.79. The lowest BCUT2D eigenvalue weighted by Gasteiger charge is -2.07. The van der Waals surface area contributed by atoms with Gasteiger partial charge in [0.15, 0.2) is 0 Å². The second-order valence-electron chi connectivity index (χ2n) is 4.78. The molecule has 0 atom stereocenters. The Bertz CT molecular complexity index is 627. The quantitative estimate of drug-likeness (QED) is 0.777. The van der Waals surface area contributed by atoms with E-state index in [0.717, 1.165) is 10.0 Å². The normalized spacial score (nSPS) is 10.0. The Labute approximate surface area is 138 Å². The van der Waals surface area contributed by atoms with Crippen LogP contribution in [0.4, 0.5) is 0 Å². The summed E-state index contributed by atoms with van der Waals surface area (Å²) in [5, 5.41) is 5.55. The molecule has 114 valence electrons. The van der Waals surface area contributed by atoms with Crippen LogP contribution in [0.25, 0.3) is 0 Å². The van der Waals surface area contributed by atoms with E-state index in [1.807, 2.05) is 42.5 Å². The van der Waals surface area contributed by atoms with E-state index in [9.17, 15) is 9.59 Å². The average molecular weight is 361 g/mol. The van der Waals surface area contributed by atoms with Crippen LogP contribution in [0.5, 0.6) is 0 Å². The summed E-state index contributed by atoms with van der Waals surface area (Å²) in [6.45, 7) is 0.809. The Morgan fingerprint density at radius 1 is 0.864 bits per heavy atom. The van der Waals surface area contributed by atoms with Gasteiger partial charge in [-0.05, 0) is 29.8 Å². The van der Waals surface area contributed by atoms with Gasteiger partial charge in [-0.25, -0.2) is 0 Å². The molecule has 0 saturated heterocycles. The van der Waals surface area contributed by atoms with Gasteiger partial charge in [0.05, 0.1) is 6.42 Å². The predicted octanol–water partition coefficient (Wildman–Crippen LogP) is 2.54. The summed E-state index contributed by atoms with van der Waals surface area (Å²) in [5.41, 5.74) is 1.57. The van der Waals surface area contributed by atoms with Crippen molar-refractivity contribution in [2.75, 3.05) is 13.1 Å². The Kier molecular flexibility index (Phi) is 6.15. The number of rotatable bonds is 6. The summed E-state index contributed by atoms with van der Waals surface area (Å²) in [6.07, 6.45) is 0.349. The van der Waals surface area contributed by atoms with E-state index in [0.29, 0.717) is 25.1 Å². The fraction of sp³-hybridized carbons (Fsp3) is 0.176. The predicted molar refractivity (Wildman–Crippen MR) is 89.6 cm³/mol. The molecule has 5 heteroatoms. The summed E-state index contributed by atoms with van der Waals surface area (Å²) in [4.78, 5) is 23.6. The Morgan fingerprint density at radius 2 is 1.50 bits per heavy atom. The molecule has 4 nitrogen and oxygen atoms in total. The van der Waals surface area contributed by atoms with Crippen molar-refractivity contribution in [3.63, 3.8) is 0 Å². The van der Waals surface area contributed by atoms with E-state index in [2.05, 4.69) is 26.6 Å². The van der Waals surface area contributed by atoms with Crippen LogP contribution < -0.4 is 10.6 Å². The number of carbonyl (C=O) groups excluding carboxylic acids is 2. The number of halogens is 1. The zero-order chi connectivity index (χ0) is 15.8. The molecule has 0 fully saturated rings. The van der Waals surface area contributed by atoms with Gasteiger partial charge in [0.25, 0.3) is 5.91 Å². The molecule has 0 radical (unpaired) electrons. The van der Waals surface area contributed by atoms with E-state index >= 15 is 0 Å². The number of carbonyl (C=O) groups is 2. The first-order valence-electron chi connectivity index (χ1n) is 6.99. The molecule has 22 heavy (non-hydrogen) atoms. The highest BCUT2D eigenvalue weighted by Gasteiger charge is 2.05. The van der Waals surface area contributed by atoms with Crippen LogP contribution in [0.3, 0.4) is 0 Å². The number of hydrogen-bond donors (Lipinski definition) is 2. The Balaban J connectivity index is 1.67. The second-order valence-corrected chi connectivity index (χ2v) is 5.69. The largest absolute Gasteiger partial charge is 0.354 e. The van der Waals surface area contributed by atoms with Crippen LogP contribution in [-0.4, -0.2) is 24.9 Å². The van der Waals surface area contributed by atoms with Crippen LogP contribution in [0.15, 0.2) is 59.1 Å². The number of benzene rings is 2. The van der Waals surface area contributed by atoms with E-state index in [-0.39, 0.29) is 11.8 Å². The third-order valence-electron chi connectivity index (χ3n) is 3.05. The first kappa shape index (κ1) is 16.2. The standard InChI is InChI=1S/C17H17BrN2O2/c18-15-8-6-14(7-9-15)17(22)20-11-10-19-16(21)12-13-4-2-1-3-5-13/h1-9H,10-12H2,(H,19,21)(H,20,22). The van der Waals surface area contributed by atoms with Gasteiger partial charge < -0.3 is 10.6 Å². The zero-order valence-corrected chi connectivity index (χ0v) is 13.6. The molecule has 0 aliphatic heterocycles. The van der Waals surface area contributed by atoms with Crippen LogP contribution >= 0.6 is 15.9 Å². The van der Waals surface area contributed by atoms with E-state index in [4.69, 9.17) is 0 Å². The van der Waals surface area contributed by atoms with Gasteiger partial charge in [-0.15, -0.1) is 0 Å². The summed E-state index contributed by atoms with van der Waals surface area (Å²) in [5.74, 6) is -0.200. The van der Waals surface area contributed by atoms with Gasteiger partial charge in [0.1, 0.15) is 0 Å². The van der Waals surface area contributed by atoms with Crippen molar-refractivity contribution in [1.29, 1.82) is 0 Å². The molecule has 2 aromatic rings. The van der Waals surface area contributed by atoms with Crippen molar-refractivity contribution in [1.82, 2.24) is 10.6 Å². The maximum atomic E-state index is 11.9. The Hall–Kier alpha value is -2.14. The number of amides is 2.